The van der Waals surface area contributed by atoms with E-state index in [1.807, 2.05) is 32.9 Å². The third-order valence-electron chi connectivity index (χ3n) is 2.88. The standard InChI is InChI=1S/C14H20N2O3/c1-8-5-9(2)13(10(3)6-8)16-12(17)7-15-11(4)14(18)19/h5-6,11,15H,7H2,1-4H3,(H,16,17)(H,18,19)/t11-/m0/s1. The molecule has 1 aromatic carbocycles. The molecule has 0 radical (unpaired) electrons. The highest BCUT2D eigenvalue weighted by Gasteiger charge is 2.13. The van der Waals surface area contributed by atoms with Gasteiger partial charge in [-0.1, -0.05) is 17.7 Å². The van der Waals surface area contributed by atoms with E-state index in [0.29, 0.717) is 0 Å². The Morgan fingerprint density at radius 2 is 1.74 bits per heavy atom. The van der Waals surface area contributed by atoms with Crippen molar-refractivity contribution in [1.82, 2.24) is 5.32 Å². The molecule has 0 saturated carbocycles. The van der Waals surface area contributed by atoms with Gasteiger partial charge in [-0.3, -0.25) is 14.9 Å². The summed E-state index contributed by atoms with van der Waals surface area (Å²) in [5.41, 5.74) is 3.93. The Morgan fingerprint density at radius 1 is 1.21 bits per heavy atom. The van der Waals surface area contributed by atoms with Crippen LogP contribution in [0.3, 0.4) is 0 Å². The van der Waals surface area contributed by atoms with E-state index < -0.39 is 12.0 Å². The molecule has 3 N–H and O–H groups in total. The second kappa shape index (κ2) is 6.33. The lowest BCUT2D eigenvalue weighted by atomic mass is 10.1. The molecule has 5 nitrogen and oxygen atoms in total. The molecular formula is C14H20N2O3. The maximum absolute atomic E-state index is 11.8. The first-order chi connectivity index (χ1) is 8.81. The van der Waals surface area contributed by atoms with E-state index in [1.165, 1.54) is 6.92 Å². The summed E-state index contributed by atoms with van der Waals surface area (Å²) in [5, 5.41) is 14.2. The van der Waals surface area contributed by atoms with Gasteiger partial charge in [-0.05, 0) is 38.8 Å². The SMILES string of the molecule is Cc1cc(C)c(NC(=O)CN[C@@H](C)C(=O)O)c(C)c1. The molecule has 1 amide bonds. The van der Waals surface area contributed by atoms with Gasteiger partial charge < -0.3 is 10.4 Å². The lowest BCUT2D eigenvalue weighted by molar-refractivity contribution is -0.139. The molecule has 0 bridgehead atoms. The van der Waals surface area contributed by atoms with Crippen LogP contribution >= 0.6 is 0 Å². The van der Waals surface area contributed by atoms with Crippen LogP contribution in [0.4, 0.5) is 5.69 Å². The van der Waals surface area contributed by atoms with E-state index in [0.717, 1.165) is 22.4 Å². The molecule has 0 unspecified atom stereocenters. The molecule has 19 heavy (non-hydrogen) atoms. The largest absolute Gasteiger partial charge is 0.480 e. The summed E-state index contributed by atoms with van der Waals surface area (Å²) in [6.07, 6.45) is 0. The van der Waals surface area contributed by atoms with E-state index in [-0.39, 0.29) is 12.5 Å². The van der Waals surface area contributed by atoms with Gasteiger partial charge in [0.15, 0.2) is 0 Å². The first-order valence-corrected chi connectivity index (χ1v) is 6.15. The summed E-state index contributed by atoms with van der Waals surface area (Å²) < 4.78 is 0. The highest BCUT2D eigenvalue weighted by Crippen LogP contribution is 2.21. The molecule has 0 saturated heterocycles. The Balaban J connectivity index is 2.65. The van der Waals surface area contributed by atoms with Crippen molar-refractivity contribution in [2.24, 2.45) is 0 Å². The van der Waals surface area contributed by atoms with Crippen molar-refractivity contribution in [2.45, 2.75) is 33.7 Å². The van der Waals surface area contributed by atoms with Gasteiger partial charge in [0.05, 0.1) is 6.54 Å². The molecular weight excluding hydrogens is 244 g/mol. The van der Waals surface area contributed by atoms with Crippen LogP contribution in [0.5, 0.6) is 0 Å². The van der Waals surface area contributed by atoms with Crippen molar-refractivity contribution >= 4 is 17.6 Å². The topological polar surface area (TPSA) is 78.4 Å². The van der Waals surface area contributed by atoms with Gasteiger partial charge in [0.1, 0.15) is 6.04 Å². The summed E-state index contributed by atoms with van der Waals surface area (Å²) in [7, 11) is 0. The van der Waals surface area contributed by atoms with Gasteiger partial charge >= 0.3 is 5.97 Å². The Bertz CT molecular complexity index is 474. The van der Waals surface area contributed by atoms with E-state index in [2.05, 4.69) is 10.6 Å². The number of hydrogen-bond donors (Lipinski definition) is 3. The summed E-state index contributed by atoms with van der Waals surface area (Å²) in [6, 6.07) is 3.25. The summed E-state index contributed by atoms with van der Waals surface area (Å²) in [4.78, 5) is 22.4. The number of benzene rings is 1. The van der Waals surface area contributed by atoms with Crippen LogP contribution in [0.15, 0.2) is 12.1 Å². The Morgan fingerprint density at radius 3 is 2.21 bits per heavy atom. The Labute approximate surface area is 113 Å². The van der Waals surface area contributed by atoms with E-state index in [4.69, 9.17) is 5.11 Å². The number of aliphatic carboxylic acids is 1. The fourth-order valence-electron chi connectivity index (χ4n) is 1.89. The summed E-state index contributed by atoms with van der Waals surface area (Å²) in [6.45, 7) is 7.34. The monoisotopic (exact) mass is 264 g/mol. The molecule has 1 rings (SSSR count). The van der Waals surface area contributed by atoms with Gasteiger partial charge in [-0.25, -0.2) is 0 Å². The summed E-state index contributed by atoms with van der Waals surface area (Å²) >= 11 is 0. The van der Waals surface area contributed by atoms with Gasteiger partial charge in [-0.15, -0.1) is 0 Å². The number of carbonyl (C=O) groups excluding carboxylic acids is 1. The predicted octanol–water partition coefficient (Wildman–Crippen LogP) is 1.61. The van der Waals surface area contributed by atoms with Crippen LogP contribution in [0.1, 0.15) is 23.6 Å². The van der Waals surface area contributed by atoms with Crippen LogP contribution in [0.25, 0.3) is 0 Å². The van der Waals surface area contributed by atoms with Gasteiger partial charge in [-0.2, -0.15) is 0 Å². The third-order valence-corrected chi connectivity index (χ3v) is 2.88. The number of carboxylic acids is 1. The zero-order chi connectivity index (χ0) is 14.6. The average molecular weight is 264 g/mol. The third kappa shape index (κ3) is 4.37. The maximum atomic E-state index is 11.8. The number of rotatable bonds is 5. The number of carboxylic acid groups (broad SMARTS) is 1. The quantitative estimate of drug-likeness (QED) is 0.755. The molecule has 0 aliphatic rings. The minimum absolute atomic E-state index is 0.0276. The summed E-state index contributed by atoms with van der Waals surface area (Å²) in [5.74, 6) is -1.22. The number of carbonyl (C=O) groups is 2. The van der Waals surface area contributed by atoms with Crippen LogP contribution in [-0.4, -0.2) is 29.6 Å². The second-order valence-corrected chi connectivity index (χ2v) is 4.76. The van der Waals surface area contributed by atoms with Crippen LogP contribution in [-0.2, 0) is 9.59 Å². The van der Waals surface area contributed by atoms with Gasteiger partial charge in [0, 0.05) is 5.69 Å². The number of nitrogens with one attached hydrogen (secondary N) is 2. The van der Waals surface area contributed by atoms with Gasteiger partial charge in [0.2, 0.25) is 5.91 Å². The number of hydrogen-bond acceptors (Lipinski definition) is 3. The van der Waals surface area contributed by atoms with Crippen molar-refractivity contribution in [3.05, 3.63) is 28.8 Å². The lowest BCUT2D eigenvalue weighted by Gasteiger charge is -2.14. The van der Waals surface area contributed by atoms with E-state index >= 15 is 0 Å². The highest BCUT2D eigenvalue weighted by atomic mass is 16.4. The molecule has 1 aromatic rings. The van der Waals surface area contributed by atoms with Crippen LogP contribution in [0.2, 0.25) is 0 Å². The first kappa shape index (κ1) is 15.2. The maximum Gasteiger partial charge on any atom is 0.320 e. The minimum atomic E-state index is -0.976. The lowest BCUT2D eigenvalue weighted by Crippen LogP contribution is -2.39. The van der Waals surface area contributed by atoms with Gasteiger partial charge in [0.25, 0.3) is 0 Å². The molecule has 0 heterocycles. The minimum Gasteiger partial charge on any atom is -0.480 e. The Hall–Kier alpha value is -1.88. The fraction of sp³-hybridized carbons (Fsp3) is 0.429. The van der Waals surface area contributed by atoms with Crippen molar-refractivity contribution in [2.75, 3.05) is 11.9 Å². The molecule has 0 aliphatic heterocycles. The van der Waals surface area contributed by atoms with Crippen LogP contribution < -0.4 is 10.6 Å². The molecule has 5 heteroatoms. The molecule has 1 atom stereocenters. The zero-order valence-corrected chi connectivity index (χ0v) is 11.7. The normalized spacial score (nSPS) is 12.0. The van der Waals surface area contributed by atoms with Crippen molar-refractivity contribution in [3.8, 4) is 0 Å². The molecule has 0 spiro atoms. The van der Waals surface area contributed by atoms with E-state index in [1.54, 1.807) is 0 Å². The first-order valence-electron chi connectivity index (χ1n) is 6.15. The van der Waals surface area contributed by atoms with Crippen LogP contribution in [0, 0.1) is 20.8 Å². The number of aryl methyl sites for hydroxylation is 3. The molecule has 0 aromatic heterocycles. The fourth-order valence-corrected chi connectivity index (χ4v) is 1.89. The van der Waals surface area contributed by atoms with Crippen molar-refractivity contribution in [1.29, 1.82) is 0 Å². The predicted molar refractivity (Wildman–Crippen MR) is 74.4 cm³/mol. The smallest absolute Gasteiger partial charge is 0.320 e. The molecule has 0 fully saturated rings. The highest BCUT2D eigenvalue weighted by molar-refractivity contribution is 5.94. The van der Waals surface area contributed by atoms with Crippen molar-refractivity contribution < 1.29 is 14.7 Å². The van der Waals surface area contributed by atoms with Crippen molar-refractivity contribution in [3.63, 3.8) is 0 Å². The number of amides is 1. The Kier molecular flexibility index (Phi) is 5.06. The average Bonchev–Trinajstić information content (AvgIpc) is 2.30. The zero-order valence-electron chi connectivity index (χ0n) is 11.7. The van der Waals surface area contributed by atoms with E-state index in [9.17, 15) is 9.59 Å². The molecule has 0 aliphatic carbocycles. The molecule has 104 valence electrons. The number of anilines is 1. The second-order valence-electron chi connectivity index (χ2n) is 4.76.